The molecule has 0 radical (unpaired) electrons. The van der Waals surface area contributed by atoms with Crippen LogP contribution in [-0.2, 0) is 29.2 Å². The van der Waals surface area contributed by atoms with Gasteiger partial charge in [0.05, 0.1) is 0 Å². The summed E-state index contributed by atoms with van der Waals surface area (Å²) in [4.78, 5) is 37.3. The van der Waals surface area contributed by atoms with E-state index in [4.69, 9.17) is 0 Å². The zero-order valence-electron chi connectivity index (χ0n) is 11.8. The zero-order valence-corrected chi connectivity index (χ0v) is 12.7. The second-order valence-corrected chi connectivity index (χ2v) is 5.78. The van der Waals surface area contributed by atoms with E-state index in [9.17, 15) is 14.4 Å². The Morgan fingerprint density at radius 2 is 1.77 bits per heavy atom. The third-order valence-corrected chi connectivity index (χ3v) is 4.47. The van der Waals surface area contributed by atoms with Crippen LogP contribution in [0.5, 0.6) is 0 Å². The normalized spacial score (nSPS) is 23.0. The lowest BCUT2D eigenvalue weighted by atomic mass is 10.0. The van der Waals surface area contributed by atoms with Gasteiger partial charge in [0.25, 0.3) is 5.91 Å². The minimum Gasteiger partial charge on any atom is -0.322 e. The van der Waals surface area contributed by atoms with Crippen LogP contribution in [0.1, 0.15) is 39.9 Å². The molecule has 1 saturated heterocycles. The summed E-state index contributed by atoms with van der Waals surface area (Å²) >= 11 is 0. The molecule has 1 fully saturated rings. The molecule has 3 aliphatic heterocycles. The van der Waals surface area contributed by atoms with Gasteiger partial charge in [-0.15, -0.1) is 12.4 Å². The van der Waals surface area contributed by atoms with E-state index in [1.807, 2.05) is 6.07 Å². The molecule has 6 nitrogen and oxygen atoms in total. The van der Waals surface area contributed by atoms with Crippen LogP contribution in [0.25, 0.3) is 0 Å². The highest BCUT2D eigenvalue weighted by molar-refractivity contribution is 6.05. The number of amides is 3. The second kappa shape index (κ2) is 5.37. The summed E-state index contributed by atoms with van der Waals surface area (Å²) in [5, 5.41) is 5.58. The molecule has 0 spiro atoms. The van der Waals surface area contributed by atoms with Crippen molar-refractivity contribution < 1.29 is 14.4 Å². The van der Waals surface area contributed by atoms with Crippen LogP contribution in [0.4, 0.5) is 0 Å². The SMILES string of the molecule is Cl.O=C1CCC(N2Cc3cc4c(cc3C2=O)CNC4)C(=O)N1. The average molecular weight is 322 g/mol. The predicted molar refractivity (Wildman–Crippen MR) is 80.3 cm³/mol. The van der Waals surface area contributed by atoms with Crippen molar-refractivity contribution in [2.45, 2.75) is 38.5 Å². The number of nitrogens with one attached hydrogen (secondary N) is 2. The quantitative estimate of drug-likeness (QED) is 0.737. The van der Waals surface area contributed by atoms with E-state index in [1.54, 1.807) is 4.90 Å². The molecule has 22 heavy (non-hydrogen) atoms. The van der Waals surface area contributed by atoms with Crippen molar-refractivity contribution in [2.75, 3.05) is 0 Å². The summed E-state index contributed by atoms with van der Waals surface area (Å²) < 4.78 is 0. The van der Waals surface area contributed by atoms with E-state index >= 15 is 0 Å². The molecule has 0 saturated carbocycles. The Balaban J connectivity index is 0.00000144. The van der Waals surface area contributed by atoms with E-state index in [0.29, 0.717) is 18.5 Å². The van der Waals surface area contributed by atoms with Crippen molar-refractivity contribution in [3.63, 3.8) is 0 Å². The van der Waals surface area contributed by atoms with Crippen LogP contribution >= 0.6 is 12.4 Å². The zero-order chi connectivity index (χ0) is 14.6. The lowest BCUT2D eigenvalue weighted by Crippen LogP contribution is -2.52. The molecule has 1 atom stereocenters. The van der Waals surface area contributed by atoms with Gasteiger partial charge in [-0.3, -0.25) is 19.7 Å². The van der Waals surface area contributed by atoms with Crippen molar-refractivity contribution in [1.29, 1.82) is 0 Å². The molecule has 0 aliphatic carbocycles. The Morgan fingerprint density at radius 3 is 2.50 bits per heavy atom. The first-order valence-corrected chi connectivity index (χ1v) is 7.13. The fourth-order valence-electron chi connectivity index (χ4n) is 3.37. The van der Waals surface area contributed by atoms with Gasteiger partial charge in [-0.05, 0) is 29.2 Å². The molecule has 3 aliphatic rings. The molecule has 1 aromatic rings. The van der Waals surface area contributed by atoms with Gasteiger partial charge in [-0.25, -0.2) is 0 Å². The molecule has 0 bridgehead atoms. The number of carbonyl (C=O) groups excluding carboxylic acids is 3. The average Bonchev–Trinajstić information content (AvgIpc) is 3.02. The number of halogens is 1. The third-order valence-electron chi connectivity index (χ3n) is 4.47. The van der Waals surface area contributed by atoms with Crippen molar-refractivity contribution in [3.8, 4) is 0 Å². The van der Waals surface area contributed by atoms with Crippen LogP contribution in [0.15, 0.2) is 12.1 Å². The van der Waals surface area contributed by atoms with E-state index in [1.165, 1.54) is 5.56 Å². The molecule has 0 aromatic heterocycles. The summed E-state index contributed by atoms with van der Waals surface area (Å²) in [6.07, 6.45) is 0.697. The standard InChI is InChI=1S/C15H15N3O3.ClH/c19-13-2-1-12(14(20)17-13)18-7-10-3-8-5-16-6-9(8)4-11(10)15(18)21;/h3-4,12,16H,1-2,5-7H2,(H,17,19,20);1H. The first-order valence-electron chi connectivity index (χ1n) is 7.13. The number of rotatable bonds is 1. The maximum atomic E-state index is 12.6. The lowest BCUT2D eigenvalue weighted by Gasteiger charge is -2.29. The summed E-state index contributed by atoms with van der Waals surface area (Å²) in [5.74, 6) is -0.721. The summed E-state index contributed by atoms with van der Waals surface area (Å²) in [7, 11) is 0. The van der Waals surface area contributed by atoms with Crippen LogP contribution in [0, 0.1) is 0 Å². The van der Waals surface area contributed by atoms with Crippen molar-refractivity contribution in [2.24, 2.45) is 0 Å². The molecule has 1 aromatic carbocycles. The van der Waals surface area contributed by atoms with Crippen molar-refractivity contribution >= 4 is 30.1 Å². The van der Waals surface area contributed by atoms with Gasteiger partial charge in [-0.1, -0.05) is 6.07 Å². The Bertz CT molecular complexity index is 689. The molecule has 116 valence electrons. The first kappa shape index (κ1) is 15.0. The van der Waals surface area contributed by atoms with E-state index < -0.39 is 6.04 Å². The molecule has 3 heterocycles. The molecule has 4 rings (SSSR count). The predicted octanol–water partition coefficient (Wildman–Crippen LogP) is 0.473. The Labute approximate surface area is 133 Å². The highest BCUT2D eigenvalue weighted by Crippen LogP contribution is 2.31. The maximum Gasteiger partial charge on any atom is 0.255 e. The number of benzene rings is 1. The van der Waals surface area contributed by atoms with Gasteiger partial charge in [0.15, 0.2) is 0 Å². The van der Waals surface area contributed by atoms with Crippen molar-refractivity contribution in [1.82, 2.24) is 15.5 Å². The first-order chi connectivity index (χ1) is 10.1. The lowest BCUT2D eigenvalue weighted by molar-refractivity contribution is -0.136. The summed E-state index contributed by atoms with van der Waals surface area (Å²) in [6.45, 7) is 2.07. The van der Waals surface area contributed by atoms with Gasteiger partial charge in [0.1, 0.15) is 6.04 Å². The summed E-state index contributed by atoms with van der Waals surface area (Å²) in [5.41, 5.74) is 4.06. The fourth-order valence-corrected chi connectivity index (χ4v) is 3.37. The monoisotopic (exact) mass is 321 g/mol. The Hall–Kier alpha value is -1.92. The molecule has 2 N–H and O–H groups in total. The summed E-state index contributed by atoms with van der Waals surface area (Å²) in [6, 6.07) is 3.48. The Morgan fingerprint density at radius 1 is 1.05 bits per heavy atom. The van der Waals surface area contributed by atoms with Crippen LogP contribution < -0.4 is 10.6 Å². The van der Waals surface area contributed by atoms with Gasteiger partial charge < -0.3 is 10.2 Å². The van der Waals surface area contributed by atoms with Gasteiger partial charge in [0.2, 0.25) is 11.8 Å². The molecule has 3 amide bonds. The number of hydrogen-bond acceptors (Lipinski definition) is 4. The van der Waals surface area contributed by atoms with E-state index in [2.05, 4.69) is 16.7 Å². The van der Waals surface area contributed by atoms with Gasteiger partial charge in [-0.2, -0.15) is 0 Å². The molecule has 7 heteroatoms. The second-order valence-electron chi connectivity index (χ2n) is 5.78. The van der Waals surface area contributed by atoms with Crippen LogP contribution in [0.3, 0.4) is 0 Å². The maximum absolute atomic E-state index is 12.6. The number of nitrogens with zero attached hydrogens (tertiary/aromatic N) is 1. The Kier molecular flexibility index (Phi) is 3.66. The fraction of sp³-hybridized carbons (Fsp3) is 0.400. The number of piperidine rings is 1. The van der Waals surface area contributed by atoms with Crippen LogP contribution in [-0.4, -0.2) is 28.7 Å². The highest BCUT2D eigenvalue weighted by atomic mass is 35.5. The smallest absolute Gasteiger partial charge is 0.255 e. The number of carbonyl (C=O) groups is 3. The molecule has 1 unspecified atom stereocenters. The molecular weight excluding hydrogens is 306 g/mol. The van der Waals surface area contributed by atoms with Gasteiger partial charge in [0, 0.05) is 31.6 Å². The number of imide groups is 1. The van der Waals surface area contributed by atoms with Crippen molar-refractivity contribution in [3.05, 3.63) is 34.4 Å². The minimum absolute atomic E-state index is 0. The van der Waals surface area contributed by atoms with E-state index in [0.717, 1.165) is 24.2 Å². The topological polar surface area (TPSA) is 78.5 Å². The van der Waals surface area contributed by atoms with Crippen LogP contribution in [0.2, 0.25) is 0 Å². The van der Waals surface area contributed by atoms with E-state index in [-0.39, 0.29) is 36.5 Å². The minimum atomic E-state index is -0.532. The number of fused-ring (bicyclic) bond motifs is 2. The molecular formula is C15H16ClN3O3. The number of hydrogen-bond donors (Lipinski definition) is 2. The largest absolute Gasteiger partial charge is 0.322 e. The highest BCUT2D eigenvalue weighted by Gasteiger charge is 2.39. The van der Waals surface area contributed by atoms with Gasteiger partial charge >= 0.3 is 0 Å². The third kappa shape index (κ3) is 2.19.